The van der Waals surface area contributed by atoms with Crippen LogP contribution in [-0.2, 0) is 11.3 Å². The standard InChI is InChI=1S/C23H23N3O3S/c27-22(18-5-7-19(8-6-18)25-23(28)21-2-1-15-30-21)24-16-17-3-9-20(10-4-17)26-11-13-29-14-12-26/h1-10,15H,11-14,16H2,(H,24,27)(H,25,28). The molecule has 30 heavy (non-hydrogen) atoms. The quantitative estimate of drug-likeness (QED) is 0.636. The Kier molecular flexibility index (Phi) is 6.41. The number of anilines is 2. The van der Waals surface area contributed by atoms with E-state index >= 15 is 0 Å². The molecule has 3 aromatic rings. The second kappa shape index (κ2) is 9.56. The van der Waals surface area contributed by atoms with Gasteiger partial charge in [0.05, 0.1) is 18.1 Å². The molecule has 1 aliphatic heterocycles. The topological polar surface area (TPSA) is 70.7 Å². The van der Waals surface area contributed by atoms with E-state index in [-0.39, 0.29) is 11.8 Å². The summed E-state index contributed by atoms with van der Waals surface area (Å²) in [6, 6.07) is 18.7. The van der Waals surface area contributed by atoms with Crippen molar-refractivity contribution in [3.8, 4) is 0 Å². The van der Waals surface area contributed by atoms with Crippen LogP contribution >= 0.6 is 11.3 Å². The van der Waals surface area contributed by atoms with Gasteiger partial charge in [0.1, 0.15) is 0 Å². The monoisotopic (exact) mass is 421 g/mol. The molecule has 0 radical (unpaired) electrons. The van der Waals surface area contributed by atoms with E-state index in [1.165, 1.54) is 17.0 Å². The normalized spacial score (nSPS) is 13.7. The summed E-state index contributed by atoms with van der Waals surface area (Å²) >= 11 is 1.39. The Morgan fingerprint density at radius 3 is 2.33 bits per heavy atom. The lowest BCUT2D eigenvalue weighted by atomic mass is 10.1. The first-order chi connectivity index (χ1) is 14.7. The molecule has 0 aliphatic carbocycles. The lowest BCUT2D eigenvalue weighted by Crippen LogP contribution is -2.36. The van der Waals surface area contributed by atoms with Crippen LogP contribution < -0.4 is 15.5 Å². The maximum Gasteiger partial charge on any atom is 0.265 e. The summed E-state index contributed by atoms with van der Waals surface area (Å²) in [6.45, 7) is 3.78. The largest absolute Gasteiger partial charge is 0.378 e. The third kappa shape index (κ3) is 5.06. The summed E-state index contributed by atoms with van der Waals surface area (Å²) in [5.74, 6) is -0.300. The maximum absolute atomic E-state index is 12.4. The Labute approximate surface area is 179 Å². The van der Waals surface area contributed by atoms with Crippen LogP contribution in [0.25, 0.3) is 0 Å². The molecule has 0 saturated carbocycles. The maximum atomic E-state index is 12.4. The van der Waals surface area contributed by atoms with Crippen LogP contribution in [0.1, 0.15) is 25.6 Å². The molecule has 2 N–H and O–H groups in total. The number of nitrogens with one attached hydrogen (secondary N) is 2. The average molecular weight is 422 g/mol. The Balaban J connectivity index is 1.29. The van der Waals surface area contributed by atoms with Crippen molar-refractivity contribution in [1.82, 2.24) is 5.32 Å². The number of carbonyl (C=O) groups is 2. The summed E-state index contributed by atoms with van der Waals surface area (Å²) in [7, 11) is 0. The Hall–Kier alpha value is -3.16. The van der Waals surface area contributed by atoms with E-state index in [9.17, 15) is 9.59 Å². The van der Waals surface area contributed by atoms with Gasteiger partial charge in [0.15, 0.2) is 0 Å². The van der Waals surface area contributed by atoms with Crippen LogP contribution in [0.2, 0.25) is 0 Å². The van der Waals surface area contributed by atoms with Crippen molar-refractivity contribution in [2.75, 3.05) is 36.5 Å². The van der Waals surface area contributed by atoms with Crippen LogP contribution in [0.4, 0.5) is 11.4 Å². The molecule has 2 amide bonds. The number of carbonyl (C=O) groups excluding carboxylic acids is 2. The first-order valence-electron chi connectivity index (χ1n) is 9.84. The van der Waals surface area contributed by atoms with Crippen molar-refractivity contribution in [2.45, 2.75) is 6.54 Å². The summed E-state index contributed by atoms with van der Waals surface area (Å²) in [5.41, 5.74) is 3.42. The van der Waals surface area contributed by atoms with Gasteiger partial charge >= 0.3 is 0 Å². The van der Waals surface area contributed by atoms with Gasteiger partial charge in [0.25, 0.3) is 11.8 Å². The zero-order valence-electron chi connectivity index (χ0n) is 16.5. The highest BCUT2D eigenvalue weighted by atomic mass is 32.1. The number of morpholine rings is 1. The molecule has 154 valence electrons. The van der Waals surface area contributed by atoms with Crippen LogP contribution in [-0.4, -0.2) is 38.1 Å². The zero-order chi connectivity index (χ0) is 20.8. The number of hydrogen-bond donors (Lipinski definition) is 2. The summed E-state index contributed by atoms with van der Waals surface area (Å²) in [4.78, 5) is 27.5. The fourth-order valence-electron chi connectivity index (χ4n) is 3.24. The van der Waals surface area contributed by atoms with Crippen molar-refractivity contribution in [1.29, 1.82) is 0 Å². The molecule has 0 unspecified atom stereocenters. The number of amides is 2. The predicted molar refractivity (Wildman–Crippen MR) is 119 cm³/mol. The Bertz CT molecular complexity index is 980. The van der Waals surface area contributed by atoms with Gasteiger partial charge in [-0.05, 0) is 53.4 Å². The van der Waals surface area contributed by atoms with E-state index in [0.717, 1.165) is 31.9 Å². The first-order valence-corrected chi connectivity index (χ1v) is 10.7. The van der Waals surface area contributed by atoms with Gasteiger partial charge in [-0.3, -0.25) is 9.59 Å². The SMILES string of the molecule is O=C(NCc1ccc(N2CCOCC2)cc1)c1ccc(NC(=O)c2cccs2)cc1. The molecule has 2 aromatic carbocycles. The number of rotatable bonds is 6. The molecule has 1 saturated heterocycles. The van der Waals surface area contributed by atoms with E-state index in [1.807, 2.05) is 23.6 Å². The number of nitrogens with zero attached hydrogens (tertiary/aromatic N) is 1. The van der Waals surface area contributed by atoms with Crippen LogP contribution in [0.5, 0.6) is 0 Å². The highest BCUT2D eigenvalue weighted by molar-refractivity contribution is 7.12. The molecule has 1 aromatic heterocycles. The van der Waals surface area contributed by atoms with E-state index in [1.54, 1.807) is 30.3 Å². The minimum Gasteiger partial charge on any atom is -0.378 e. The Morgan fingerprint density at radius 1 is 0.933 bits per heavy atom. The lowest BCUT2D eigenvalue weighted by Gasteiger charge is -2.28. The molecule has 1 fully saturated rings. The van der Waals surface area contributed by atoms with E-state index in [4.69, 9.17) is 4.74 Å². The second-order valence-electron chi connectivity index (χ2n) is 6.96. The first kappa shape index (κ1) is 20.1. The van der Waals surface area contributed by atoms with Gasteiger partial charge in [0, 0.05) is 36.6 Å². The molecule has 2 heterocycles. The smallest absolute Gasteiger partial charge is 0.265 e. The van der Waals surface area contributed by atoms with E-state index in [2.05, 4.69) is 27.7 Å². The molecular formula is C23H23N3O3S. The predicted octanol–water partition coefficient (Wildman–Crippen LogP) is 3.77. The summed E-state index contributed by atoms with van der Waals surface area (Å²) < 4.78 is 5.39. The van der Waals surface area contributed by atoms with Crippen molar-refractivity contribution >= 4 is 34.5 Å². The third-order valence-corrected chi connectivity index (χ3v) is 5.78. The molecule has 7 heteroatoms. The van der Waals surface area contributed by atoms with Crippen molar-refractivity contribution < 1.29 is 14.3 Å². The minimum atomic E-state index is -0.150. The highest BCUT2D eigenvalue weighted by Crippen LogP contribution is 2.17. The van der Waals surface area contributed by atoms with Crippen LogP contribution in [0.15, 0.2) is 66.0 Å². The van der Waals surface area contributed by atoms with Gasteiger partial charge in [-0.1, -0.05) is 18.2 Å². The van der Waals surface area contributed by atoms with Crippen molar-refractivity contribution in [3.05, 3.63) is 82.0 Å². The van der Waals surface area contributed by atoms with Gasteiger partial charge in [-0.25, -0.2) is 0 Å². The molecule has 0 bridgehead atoms. The number of ether oxygens (including phenoxy) is 1. The Morgan fingerprint density at radius 2 is 1.67 bits per heavy atom. The molecule has 0 atom stereocenters. The van der Waals surface area contributed by atoms with Crippen LogP contribution in [0.3, 0.4) is 0 Å². The van der Waals surface area contributed by atoms with Gasteiger partial charge in [-0.15, -0.1) is 11.3 Å². The fraction of sp³-hybridized carbons (Fsp3) is 0.217. The van der Waals surface area contributed by atoms with E-state index in [0.29, 0.717) is 22.7 Å². The third-order valence-electron chi connectivity index (χ3n) is 4.92. The zero-order valence-corrected chi connectivity index (χ0v) is 17.3. The van der Waals surface area contributed by atoms with Gasteiger partial charge in [-0.2, -0.15) is 0 Å². The summed E-state index contributed by atoms with van der Waals surface area (Å²) in [5, 5.41) is 7.63. The molecule has 1 aliphatic rings. The highest BCUT2D eigenvalue weighted by Gasteiger charge is 2.11. The average Bonchev–Trinajstić information content (AvgIpc) is 3.34. The summed E-state index contributed by atoms with van der Waals surface area (Å²) in [6.07, 6.45) is 0. The minimum absolute atomic E-state index is 0.150. The van der Waals surface area contributed by atoms with Gasteiger partial charge < -0.3 is 20.3 Å². The molecule has 4 rings (SSSR count). The number of hydrogen-bond acceptors (Lipinski definition) is 5. The number of thiophene rings is 1. The van der Waals surface area contributed by atoms with Gasteiger partial charge in [0.2, 0.25) is 0 Å². The van der Waals surface area contributed by atoms with Crippen molar-refractivity contribution in [3.63, 3.8) is 0 Å². The second-order valence-corrected chi connectivity index (χ2v) is 7.91. The lowest BCUT2D eigenvalue weighted by molar-refractivity contribution is 0.0950. The number of benzene rings is 2. The van der Waals surface area contributed by atoms with E-state index < -0.39 is 0 Å². The molecule has 0 spiro atoms. The molecular weight excluding hydrogens is 398 g/mol. The van der Waals surface area contributed by atoms with Crippen LogP contribution in [0, 0.1) is 0 Å². The fourth-order valence-corrected chi connectivity index (χ4v) is 3.85. The molecule has 6 nitrogen and oxygen atoms in total. The van der Waals surface area contributed by atoms with Crippen molar-refractivity contribution in [2.24, 2.45) is 0 Å².